The van der Waals surface area contributed by atoms with Gasteiger partial charge in [-0.25, -0.2) is 4.98 Å². The molecule has 32 heavy (non-hydrogen) atoms. The van der Waals surface area contributed by atoms with Gasteiger partial charge in [0.05, 0.1) is 19.7 Å². The Kier molecular flexibility index (Phi) is 6.97. The van der Waals surface area contributed by atoms with E-state index in [0.717, 1.165) is 27.2 Å². The van der Waals surface area contributed by atoms with Gasteiger partial charge < -0.3 is 19.4 Å². The molecular weight excluding hydrogens is 422 g/mol. The van der Waals surface area contributed by atoms with E-state index < -0.39 is 0 Å². The molecule has 1 amide bonds. The van der Waals surface area contributed by atoms with E-state index in [1.165, 1.54) is 5.56 Å². The molecule has 0 fully saturated rings. The lowest BCUT2D eigenvalue weighted by atomic mass is 10.2. The first kappa shape index (κ1) is 21.8. The summed E-state index contributed by atoms with van der Waals surface area (Å²) in [7, 11) is 3.19. The summed E-state index contributed by atoms with van der Waals surface area (Å²) in [6.07, 6.45) is 3.74. The third-order valence-electron chi connectivity index (χ3n) is 5.13. The monoisotopic (exact) mass is 447 g/mol. The molecule has 2 aromatic carbocycles. The van der Waals surface area contributed by atoms with Crippen molar-refractivity contribution in [1.29, 1.82) is 0 Å². The summed E-state index contributed by atoms with van der Waals surface area (Å²) in [4.78, 5) is 17.1. The lowest BCUT2D eigenvalue weighted by Crippen LogP contribution is -2.26. The molecule has 0 unspecified atom stereocenters. The third kappa shape index (κ3) is 5.06. The van der Waals surface area contributed by atoms with Crippen LogP contribution in [0.25, 0.3) is 10.9 Å². The van der Waals surface area contributed by atoms with Gasteiger partial charge in [-0.05, 0) is 35.4 Å². The van der Waals surface area contributed by atoms with E-state index in [4.69, 9.17) is 9.47 Å². The number of pyridine rings is 1. The highest BCUT2D eigenvalue weighted by atomic mass is 32.2. The molecule has 1 N–H and O–H groups in total. The SMILES string of the molecule is COc1ccc(CNC(=O)Cn2ccc3c(SCc4ccccc4)nccc32)cc1OC. The second-order valence-electron chi connectivity index (χ2n) is 7.23. The predicted molar refractivity (Wildman–Crippen MR) is 127 cm³/mol. The average molecular weight is 448 g/mol. The Morgan fingerprint density at radius 3 is 2.59 bits per heavy atom. The van der Waals surface area contributed by atoms with Crippen molar-refractivity contribution in [3.63, 3.8) is 0 Å². The number of methoxy groups -OCH3 is 2. The van der Waals surface area contributed by atoms with E-state index in [1.807, 2.05) is 59.3 Å². The van der Waals surface area contributed by atoms with E-state index in [1.54, 1.807) is 32.2 Å². The number of ether oxygens (including phenoxy) is 2. The molecule has 2 aromatic heterocycles. The minimum absolute atomic E-state index is 0.0624. The molecule has 0 atom stereocenters. The Hall–Kier alpha value is -3.45. The number of hydrogen-bond acceptors (Lipinski definition) is 5. The number of carbonyl (C=O) groups excluding carboxylic acids is 1. The molecule has 6 nitrogen and oxygen atoms in total. The van der Waals surface area contributed by atoms with Gasteiger partial charge in [0, 0.05) is 30.1 Å². The highest BCUT2D eigenvalue weighted by Gasteiger charge is 2.11. The largest absolute Gasteiger partial charge is 0.493 e. The van der Waals surface area contributed by atoms with Gasteiger partial charge in [-0.15, -0.1) is 11.8 Å². The molecule has 0 aliphatic carbocycles. The number of benzene rings is 2. The topological polar surface area (TPSA) is 65.4 Å². The quantitative estimate of drug-likeness (QED) is 0.378. The zero-order valence-electron chi connectivity index (χ0n) is 18.1. The number of amides is 1. The summed E-state index contributed by atoms with van der Waals surface area (Å²) in [5.41, 5.74) is 3.19. The molecule has 2 heterocycles. The second kappa shape index (κ2) is 10.2. The maximum absolute atomic E-state index is 12.6. The van der Waals surface area contributed by atoms with Crippen LogP contribution in [-0.2, 0) is 23.6 Å². The van der Waals surface area contributed by atoms with Crippen LogP contribution < -0.4 is 14.8 Å². The first-order chi connectivity index (χ1) is 15.7. The molecule has 4 aromatic rings. The molecule has 0 spiro atoms. The van der Waals surface area contributed by atoms with Gasteiger partial charge in [-0.1, -0.05) is 36.4 Å². The van der Waals surface area contributed by atoms with E-state index in [0.29, 0.717) is 18.0 Å². The summed E-state index contributed by atoms with van der Waals surface area (Å²) < 4.78 is 12.5. The van der Waals surface area contributed by atoms with Crippen LogP contribution in [0.15, 0.2) is 78.1 Å². The maximum Gasteiger partial charge on any atom is 0.240 e. The zero-order valence-corrected chi connectivity index (χ0v) is 18.9. The van der Waals surface area contributed by atoms with E-state index in [-0.39, 0.29) is 12.5 Å². The number of nitrogens with zero attached hydrogens (tertiary/aromatic N) is 2. The van der Waals surface area contributed by atoms with Gasteiger partial charge in [0.2, 0.25) is 5.91 Å². The first-order valence-electron chi connectivity index (χ1n) is 10.3. The standard InChI is InChI=1S/C25H25N3O3S/c1-30-22-9-8-19(14-23(22)31-2)15-27-24(29)16-28-13-11-20-21(28)10-12-26-25(20)32-17-18-6-4-3-5-7-18/h3-14H,15-17H2,1-2H3,(H,27,29). The number of hydrogen-bond donors (Lipinski definition) is 1. The first-order valence-corrected chi connectivity index (χ1v) is 11.2. The molecule has 0 radical (unpaired) electrons. The summed E-state index contributed by atoms with van der Waals surface area (Å²) in [5.74, 6) is 2.09. The number of fused-ring (bicyclic) bond motifs is 1. The molecule has 0 bridgehead atoms. The fourth-order valence-electron chi connectivity index (χ4n) is 3.48. The second-order valence-corrected chi connectivity index (χ2v) is 8.20. The number of rotatable bonds is 9. The molecule has 4 rings (SSSR count). The minimum atomic E-state index is -0.0624. The van der Waals surface area contributed by atoms with E-state index in [2.05, 4.69) is 22.4 Å². The molecule has 0 aliphatic heterocycles. The van der Waals surface area contributed by atoms with Crippen LogP contribution in [0.1, 0.15) is 11.1 Å². The van der Waals surface area contributed by atoms with Gasteiger partial charge in [0.25, 0.3) is 0 Å². The third-order valence-corrected chi connectivity index (χ3v) is 6.21. The normalized spacial score (nSPS) is 10.8. The Bertz CT molecular complexity index is 1210. The van der Waals surface area contributed by atoms with Crippen molar-refractivity contribution in [2.45, 2.75) is 23.9 Å². The fourth-order valence-corrected chi connectivity index (χ4v) is 4.44. The van der Waals surface area contributed by atoms with Crippen molar-refractivity contribution in [2.24, 2.45) is 0 Å². The molecular formula is C25H25N3O3S. The van der Waals surface area contributed by atoms with Crippen molar-refractivity contribution in [1.82, 2.24) is 14.9 Å². The van der Waals surface area contributed by atoms with Crippen LogP contribution in [0.4, 0.5) is 0 Å². The zero-order chi connectivity index (χ0) is 22.3. The van der Waals surface area contributed by atoms with Gasteiger partial charge in [0.1, 0.15) is 11.6 Å². The number of carbonyl (C=O) groups is 1. The van der Waals surface area contributed by atoms with Gasteiger partial charge in [-0.2, -0.15) is 0 Å². The Morgan fingerprint density at radius 1 is 1.00 bits per heavy atom. The van der Waals surface area contributed by atoms with E-state index >= 15 is 0 Å². The van der Waals surface area contributed by atoms with Gasteiger partial charge >= 0.3 is 0 Å². The van der Waals surface area contributed by atoms with Crippen LogP contribution in [0.5, 0.6) is 11.5 Å². The number of aromatic nitrogens is 2. The predicted octanol–water partition coefficient (Wildman–Crippen LogP) is 4.66. The lowest BCUT2D eigenvalue weighted by molar-refractivity contribution is -0.121. The maximum atomic E-state index is 12.6. The van der Waals surface area contributed by atoms with Crippen molar-refractivity contribution in [3.8, 4) is 11.5 Å². The average Bonchev–Trinajstić information content (AvgIpc) is 3.25. The highest BCUT2D eigenvalue weighted by Crippen LogP contribution is 2.29. The Balaban J connectivity index is 1.40. The van der Waals surface area contributed by atoms with Crippen molar-refractivity contribution in [2.75, 3.05) is 14.2 Å². The van der Waals surface area contributed by atoms with Gasteiger partial charge in [-0.3, -0.25) is 4.79 Å². The summed E-state index contributed by atoms with van der Waals surface area (Å²) >= 11 is 1.70. The van der Waals surface area contributed by atoms with Crippen LogP contribution in [0, 0.1) is 0 Å². The van der Waals surface area contributed by atoms with Crippen molar-refractivity contribution >= 4 is 28.6 Å². The van der Waals surface area contributed by atoms with Crippen LogP contribution in [0.2, 0.25) is 0 Å². The fraction of sp³-hybridized carbons (Fsp3) is 0.200. The number of nitrogens with one attached hydrogen (secondary N) is 1. The highest BCUT2D eigenvalue weighted by molar-refractivity contribution is 7.98. The summed E-state index contributed by atoms with van der Waals surface area (Å²) in [6, 6.07) is 19.9. The van der Waals surface area contributed by atoms with Crippen LogP contribution in [0.3, 0.4) is 0 Å². The smallest absolute Gasteiger partial charge is 0.240 e. The Morgan fingerprint density at radius 2 is 1.81 bits per heavy atom. The molecule has 0 saturated heterocycles. The molecule has 164 valence electrons. The summed E-state index contributed by atoms with van der Waals surface area (Å²) in [6.45, 7) is 0.654. The van der Waals surface area contributed by atoms with Crippen molar-refractivity contribution < 1.29 is 14.3 Å². The van der Waals surface area contributed by atoms with Crippen LogP contribution in [-0.4, -0.2) is 29.7 Å². The van der Waals surface area contributed by atoms with Crippen LogP contribution >= 0.6 is 11.8 Å². The lowest BCUT2D eigenvalue weighted by Gasteiger charge is -2.11. The molecule has 0 saturated carbocycles. The number of thioether (sulfide) groups is 1. The molecule has 0 aliphatic rings. The van der Waals surface area contributed by atoms with Gasteiger partial charge in [0.15, 0.2) is 11.5 Å². The van der Waals surface area contributed by atoms with Crippen molar-refractivity contribution in [3.05, 3.63) is 84.2 Å². The molecule has 7 heteroatoms. The minimum Gasteiger partial charge on any atom is -0.493 e. The van der Waals surface area contributed by atoms with E-state index in [9.17, 15) is 4.79 Å². The summed E-state index contributed by atoms with van der Waals surface area (Å²) in [5, 5.41) is 5.00. The Labute approximate surface area is 191 Å².